The number of nitrogens with two attached hydrogens (primary N) is 2. The summed E-state index contributed by atoms with van der Waals surface area (Å²) in [5.74, 6) is -2.09. The maximum absolute atomic E-state index is 12.9. The Balaban J connectivity index is 2.07. The number of phenolic OH excluding ortho intramolecular Hbond substituents is 1. The lowest BCUT2D eigenvalue weighted by atomic mass is 10.1. The molecule has 29 heavy (non-hydrogen) atoms. The van der Waals surface area contributed by atoms with Gasteiger partial charge in [-0.05, 0) is 37.6 Å². The fourth-order valence-corrected chi connectivity index (χ4v) is 3.32. The number of nitrogens with zero attached hydrogens (tertiary/aromatic N) is 1. The molecule has 0 spiro atoms. The number of aliphatic carboxylic acids is 1. The summed E-state index contributed by atoms with van der Waals surface area (Å²) < 4.78 is 5.00. The predicted molar refractivity (Wildman–Crippen MR) is 105 cm³/mol. The van der Waals surface area contributed by atoms with E-state index < -0.39 is 30.0 Å². The van der Waals surface area contributed by atoms with E-state index in [1.165, 1.54) is 30.2 Å². The SMILES string of the molecule is COc1cc(C(=O)N2C[C@@H](NC(=O)[C@@H](N)CCCCN)C[C@H]2C(=O)O)ccc1O. The maximum Gasteiger partial charge on any atom is 0.326 e. The first kappa shape index (κ1) is 22.4. The van der Waals surface area contributed by atoms with Crippen LogP contribution in [0.1, 0.15) is 36.0 Å². The third kappa shape index (κ3) is 5.58. The van der Waals surface area contributed by atoms with Crippen molar-refractivity contribution in [1.29, 1.82) is 0 Å². The van der Waals surface area contributed by atoms with Crippen LogP contribution in [0.3, 0.4) is 0 Å². The number of aromatic hydroxyl groups is 1. The zero-order valence-corrected chi connectivity index (χ0v) is 16.3. The fraction of sp³-hybridized carbons (Fsp3) is 0.526. The molecule has 7 N–H and O–H groups in total. The van der Waals surface area contributed by atoms with Gasteiger partial charge in [0.2, 0.25) is 5.91 Å². The second-order valence-corrected chi connectivity index (χ2v) is 7.03. The van der Waals surface area contributed by atoms with Gasteiger partial charge in [0.25, 0.3) is 5.91 Å². The van der Waals surface area contributed by atoms with E-state index in [9.17, 15) is 24.6 Å². The van der Waals surface area contributed by atoms with Gasteiger partial charge in [0.05, 0.1) is 13.2 Å². The van der Waals surface area contributed by atoms with Crippen molar-refractivity contribution in [3.63, 3.8) is 0 Å². The number of phenols is 1. The zero-order valence-electron chi connectivity index (χ0n) is 16.3. The highest BCUT2D eigenvalue weighted by molar-refractivity contribution is 5.97. The molecule has 0 saturated carbocycles. The molecule has 1 aliphatic rings. The van der Waals surface area contributed by atoms with Gasteiger partial charge in [-0.3, -0.25) is 9.59 Å². The molecule has 2 amide bonds. The van der Waals surface area contributed by atoms with Crippen molar-refractivity contribution in [1.82, 2.24) is 10.2 Å². The lowest BCUT2D eigenvalue weighted by Crippen LogP contribution is -2.46. The normalized spacial score (nSPS) is 19.6. The molecular formula is C19H28N4O6. The van der Waals surface area contributed by atoms with Gasteiger partial charge in [-0.15, -0.1) is 0 Å². The quantitative estimate of drug-likeness (QED) is 0.345. The van der Waals surface area contributed by atoms with Crippen LogP contribution >= 0.6 is 0 Å². The van der Waals surface area contributed by atoms with E-state index in [-0.39, 0.29) is 35.9 Å². The number of carboxylic acid groups (broad SMARTS) is 1. The van der Waals surface area contributed by atoms with Crippen molar-refractivity contribution >= 4 is 17.8 Å². The van der Waals surface area contributed by atoms with Gasteiger partial charge < -0.3 is 36.6 Å². The Hall–Kier alpha value is -2.85. The molecule has 1 heterocycles. The molecule has 10 nitrogen and oxygen atoms in total. The van der Waals surface area contributed by atoms with Gasteiger partial charge in [0, 0.05) is 24.6 Å². The second kappa shape index (κ2) is 10.1. The zero-order chi connectivity index (χ0) is 21.6. The van der Waals surface area contributed by atoms with E-state index in [2.05, 4.69) is 5.32 Å². The summed E-state index contributed by atoms with van der Waals surface area (Å²) in [6, 6.07) is 1.72. The van der Waals surface area contributed by atoms with Crippen LogP contribution in [0, 0.1) is 0 Å². The Morgan fingerprint density at radius 3 is 2.69 bits per heavy atom. The Morgan fingerprint density at radius 2 is 2.07 bits per heavy atom. The van der Waals surface area contributed by atoms with Crippen molar-refractivity contribution < 1.29 is 29.3 Å². The fourth-order valence-electron chi connectivity index (χ4n) is 3.32. The lowest BCUT2D eigenvalue weighted by Gasteiger charge is -2.22. The van der Waals surface area contributed by atoms with E-state index in [1.807, 2.05) is 0 Å². The molecule has 0 unspecified atom stereocenters. The van der Waals surface area contributed by atoms with Crippen molar-refractivity contribution in [2.24, 2.45) is 11.5 Å². The van der Waals surface area contributed by atoms with Crippen LogP contribution in [0.2, 0.25) is 0 Å². The van der Waals surface area contributed by atoms with Gasteiger partial charge in [0.1, 0.15) is 6.04 Å². The van der Waals surface area contributed by atoms with Crippen LogP contribution < -0.4 is 21.5 Å². The Labute approximate surface area is 168 Å². The Kier molecular flexibility index (Phi) is 7.80. The number of methoxy groups -OCH3 is 1. The highest BCUT2D eigenvalue weighted by atomic mass is 16.5. The molecule has 10 heteroatoms. The number of rotatable bonds is 9. The van der Waals surface area contributed by atoms with E-state index in [1.54, 1.807) is 0 Å². The molecule has 3 atom stereocenters. The summed E-state index contributed by atoms with van der Waals surface area (Å²) in [5, 5.41) is 21.9. The standard InChI is InChI=1S/C19H28N4O6/c1-29-16-8-11(5-6-15(16)24)18(26)23-10-12(9-14(23)19(27)28)22-17(25)13(21)4-2-3-7-20/h5-6,8,12-14,24H,2-4,7,9-10,20-21H2,1H3,(H,22,25)(H,27,28)/t12-,13-,14-/m0/s1. The Bertz CT molecular complexity index is 756. The number of benzene rings is 1. The molecule has 1 fully saturated rings. The first-order valence-electron chi connectivity index (χ1n) is 9.45. The number of unbranched alkanes of at least 4 members (excludes halogenated alkanes) is 1. The van der Waals surface area contributed by atoms with Crippen molar-refractivity contribution in [2.75, 3.05) is 20.2 Å². The average molecular weight is 408 g/mol. The largest absolute Gasteiger partial charge is 0.504 e. The number of hydrogen-bond acceptors (Lipinski definition) is 7. The van der Waals surface area contributed by atoms with Crippen LogP contribution in [0.25, 0.3) is 0 Å². The second-order valence-electron chi connectivity index (χ2n) is 7.03. The number of nitrogens with one attached hydrogen (secondary N) is 1. The minimum atomic E-state index is -1.16. The number of ether oxygens (including phenoxy) is 1. The molecule has 0 radical (unpaired) electrons. The summed E-state index contributed by atoms with van der Waals surface area (Å²) >= 11 is 0. The number of carbonyl (C=O) groups is 3. The summed E-state index contributed by atoms with van der Waals surface area (Å²) in [6.07, 6.45) is 2.05. The lowest BCUT2D eigenvalue weighted by molar-refractivity contribution is -0.141. The highest BCUT2D eigenvalue weighted by Gasteiger charge is 2.41. The molecule has 0 aliphatic carbocycles. The third-order valence-electron chi connectivity index (χ3n) is 4.93. The molecular weight excluding hydrogens is 380 g/mol. The summed E-state index contributed by atoms with van der Waals surface area (Å²) in [6.45, 7) is 0.566. The van der Waals surface area contributed by atoms with Crippen LogP contribution in [-0.4, -0.2) is 71.2 Å². The topological polar surface area (TPSA) is 168 Å². The molecule has 2 rings (SSSR count). The van der Waals surface area contributed by atoms with E-state index in [0.717, 1.165) is 12.8 Å². The summed E-state index contributed by atoms with van der Waals surface area (Å²) in [7, 11) is 1.35. The number of likely N-dealkylation sites (tertiary alicyclic amines) is 1. The molecule has 1 aromatic rings. The third-order valence-corrected chi connectivity index (χ3v) is 4.93. The number of carbonyl (C=O) groups excluding carboxylic acids is 2. The summed E-state index contributed by atoms with van der Waals surface area (Å²) in [5.41, 5.74) is 11.5. The van der Waals surface area contributed by atoms with Gasteiger partial charge >= 0.3 is 5.97 Å². The van der Waals surface area contributed by atoms with Crippen LogP contribution in [0.5, 0.6) is 11.5 Å². The van der Waals surface area contributed by atoms with Gasteiger partial charge in [-0.2, -0.15) is 0 Å². The molecule has 0 aromatic heterocycles. The first-order valence-corrected chi connectivity index (χ1v) is 9.45. The van der Waals surface area contributed by atoms with Crippen LogP contribution in [0.4, 0.5) is 0 Å². The summed E-state index contributed by atoms with van der Waals surface area (Å²) in [4.78, 5) is 38.0. The molecule has 0 bridgehead atoms. The van der Waals surface area contributed by atoms with Crippen molar-refractivity contribution in [3.8, 4) is 11.5 Å². The van der Waals surface area contributed by atoms with Crippen LogP contribution in [-0.2, 0) is 9.59 Å². The highest BCUT2D eigenvalue weighted by Crippen LogP contribution is 2.28. The van der Waals surface area contributed by atoms with E-state index >= 15 is 0 Å². The first-order chi connectivity index (χ1) is 13.8. The van der Waals surface area contributed by atoms with E-state index in [4.69, 9.17) is 16.2 Å². The monoisotopic (exact) mass is 408 g/mol. The number of carboxylic acids is 1. The smallest absolute Gasteiger partial charge is 0.326 e. The number of hydrogen-bond donors (Lipinski definition) is 5. The molecule has 1 aromatic carbocycles. The van der Waals surface area contributed by atoms with Gasteiger partial charge in [-0.25, -0.2) is 4.79 Å². The van der Waals surface area contributed by atoms with Gasteiger partial charge in [0.15, 0.2) is 11.5 Å². The minimum absolute atomic E-state index is 0.0419. The van der Waals surface area contributed by atoms with Crippen LogP contribution in [0.15, 0.2) is 18.2 Å². The Morgan fingerprint density at radius 1 is 1.34 bits per heavy atom. The predicted octanol–water partition coefficient (Wildman–Crippen LogP) is -0.359. The van der Waals surface area contributed by atoms with Crippen molar-refractivity contribution in [2.45, 2.75) is 43.8 Å². The maximum atomic E-state index is 12.9. The van der Waals surface area contributed by atoms with Gasteiger partial charge in [-0.1, -0.05) is 6.42 Å². The number of amides is 2. The average Bonchev–Trinajstić information content (AvgIpc) is 3.12. The van der Waals surface area contributed by atoms with E-state index in [0.29, 0.717) is 13.0 Å². The molecule has 160 valence electrons. The minimum Gasteiger partial charge on any atom is -0.504 e. The molecule has 1 saturated heterocycles. The molecule has 1 aliphatic heterocycles. The van der Waals surface area contributed by atoms with Crippen molar-refractivity contribution in [3.05, 3.63) is 23.8 Å².